The van der Waals surface area contributed by atoms with Gasteiger partial charge in [0.05, 0.1) is 0 Å². The largest absolute Gasteiger partial charge is 0.385 e. The molecular weight excluding hydrogens is 222 g/mol. The molecule has 1 aliphatic rings. The standard InChI is InChI=1S/C16H23NO/c1-2-16(18)14-7-9-15(10-8-14)17-12-11-13-5-3-4-6-13/h7-10,13,17H,2-6,11-12H2,1H3. The molecule has 1 N–H and O–H groups in total. The first-order chi connectivity index (χ1) is 8.79. The molecule has 0 aliphatic heterocycles. The first kappa shape index (κ1) is 13.1. The van der Waals surface area contributed by atoms with Crippen LogP contribution in [-0.4, -0.2) is 12.3 Å². The Morgan fingerprint density at radius 3 is 2.50 bits per heavy atom. The zero-order valence-electron chi connectivity index (χ0n) is 11.2. The number of rotatable bonds is 6. The maximum absolute atomic E-state index is 11.5. The van der Waals surface area contributed by atoms with Crippen molar-refractivity contribution in [2.24, 2.45) is 5.92 Å². The van der Waals surface area contributed by atoms with Crippen LogP contribution in [0.15, 0.2) is 24.3 Å². The van der Waals surface area contributed by atoms with Crippen LogP contribution >= 0.6 is 0 Å². The van der Waals surface area contributed by atoms with Gasteiger partial charge in [-0.25, -0.2) is 0 Å². The summed E-state index contributed by atoms with van der Waals surface area (Å²) in [5, 5.41) is 3.44. The Morgan fingerprint density at radius 1 is 1.22 bits per heavy atom. The predicted octanol–water partition coefficient (Wildman–Crippen LogP) is 4.27. The minimum absolute atomic E-state index is 0.215. The number of nitrogens with one attached hydrogen (secondary N) is 1. The lowest BCUT2D eigenvalue weighted by Crippen LogP contribution is -2.06. The first-order valence-electron chi connectivity index (χ1n) is 7.16. The molecule has 0 heterocycles. The van der Waals surface area contributed by atoms with Crippen LogP contribution in [0.2, 0.25) is 0 Å². The van der Waals surface area contributed by atoms with Crippen LogP contribution in [0, 0.1) is 5.92 Å². The topological polar surface area (TPSA) is 29.1 Å². The van der Waals surface area contributed by atoms with Gasteiger partial charge in [-0.3, -0.25) is 4.79 Å². The molecule has 0 atom stereocenters. The van der Waals surface area contributed by atoms with Crippen molar-refractivity contribution in [3.8, 4) is 0 Å². The Kier molecular flexibility index (Phi) is 4.80. The minimum atomic E-state index is 0.215. The van der Waals surface area contributed by atoms with Gasteiger partial charge in [0.2, 0.25) is 0 Å². The van der Waals surface area contributed by atoms with Gasteiger partial charge in [0.25, 0.3) is 0 Å². The lowest BCUT2D eigenvalue weighted by atomic mass is 10.0. The first-order valence-corrected chi connectivity index (χ1v) is 7.16. The van der Waals surface area contributed by atoms with Crippen LogP contribution in [-0.2, 0) is 0 Å². The van der Waals surface area contributed by atoms with Gasteiger partial charge in [-0.1, -0.05) is 32.6 Å². The summed E-state index contributed by atoms with van der Waals surface area (Å²) in [5.74, 6) is 1.14. The molecule has 2 nitrogen and oxygen atoms in total. The highest BCUT2D eigenvalue weighted by atomic mass is 16.1. The number of Topliss-reactive ketones (excluding diaryl/α,β-unsaturated/α-hetero) is 1. The van der Waals surface area contributed by atoms with Crippen molar-refractivity contribution in [2.45, 2.75) is 45.4 Å². The molecule has 98 valence electrons. The van der Waals surface area contributed by atoms with Crippen molar-refractivity contribution in [3.63, 3.8) is 0 Å². The molecule has 0 saturated heterocycles. The van der Waals surface area contributed by atoms with Gasteiger partial charge in [0.15, 0.2) is 5.78 Å². The Labute approximate surface area is 110 Å². The van der Waals surface area contributed by atoms with Crippen molar-refractivity contribution in [3.05, 3.63) is 29.8 Å². The van der Waals surface area contributed by atoms with Crippen LogP contribution in [0.3, 0.4) is 0 Å². The smallest absolute Gasteiger partial charge is 0.162 e. The van der Waals surface area contributed by atoms with Crippen LogP contribution in [0.25, 0.3) is 0 Å². The molecule has 0 unspecified atom stereocenters. The van der Waals surface area contributed by atoms with Gasteiger partial charge in [-0.15, -0.1) is 0 Å². The third-order valence-electron chi connectivity index (χ3n) is 3.88. The lowest BCUT2D eigenvalue weighted by molar-refractivity contribution is 0.0988. The van der Waals surface area contributed by atoms with E-state index in [-0.39, 0.29) is 5.78 Å². The van der Waals surface area contributed by atoms with Crippen LogP contribution < -0.4 is 5.32 Å². The van der Waals surface area contributed by atoms with Gasteiger partial charge >= 0.3 is 0 Å². The van der Waals surface area contributed by atoms with E-state index in [0.29, 0.717) is 6.42 Å². The number of ketones is 1. The molecule has 0 radical (unpaired) electrons. The van der Waals surface area contributed by atoms with Gasteiger partial charge < -0.3 is 5.32 Å². The quantitative estimate of drug-likeness (QED) is 0.758. The number of carbonyl (C=O) groups excluding carboxylic acids is 1. The molecule has 1 aromatic carbocycles. The van der Waals surface area contributed by atoms with E-state index in [9.17, 15) is 4.79 Å². The maximum atomic E-state index is 11.5. The second-order valence-corrected chi connectivity index (χ2v) is 5.22. The van der Waals surface area contributed by atoms with E-state index in [0.717, 1.165) is 23.7 Å². The summed E-state index contributed by atoms with van der Waals surface area (Å²) < 4.78 is 0. The van der Waals surface area contributed by atoms with E-state index in [1.165, 1.54) is 32.1 Å². The summed E-state index contributed by atoms with van der Waals surface area (Å²) in [4.78, 5) is 11.5. The summed E-state index contributed by atoms with van der Waals surface area (Å²) in [6, 6.07) is 7.86. The number of hydrogen-bond donors (Lipinski definition) is 1. The van der Waals surface area contributed by atoms with Crippen LogP contribution in [0.4, 0.5) is 5.69 Å². The van der Waals surface area contributed by atoms with Gasteiger partial charge in [0.1, 0.15) is 0 Å². The van der Waals surface area contributed by atoms with Crippen LogP contribution in [0.5, 0.6) is 0 Å². The van der Waals surface area contributed by atoms with Crippen molar-refractivity contribution >= 4 is 11.5 Å². The summed E-state index contributed by atoms with van der Waals surface area (Å²) in [6.07, 6.45) is 7.50. The average Bonchev–Trinajstić information content (AvgIpc) is 2.92. The molecule has 0 spiro atoms. The fourth-order valence-electron chi connectivity index (χ4n) is 2.70. The lowest BCUT2D eigenvalue weighted by Gasteiger charge is -2.11. The predicted molar refractivity (Wildman–Crippen MR) is 76.1 cm³/mol. The third kappa shape index (κ3) is 3.59. The van der Waals surface area contributed by atoms with E-state index in [4.69, 9.17) is 0 Å². The molecule has 1 fully saturated rings. The van der Waals surface area contributed by atoms with E-state index < -0.39 is 0 Å². The van der Waals surface area contributed by atoms with E-state index in [1.54, 1.807) is 0 Å². The Hall–Kier alpha value is -1.31. The van der Waals surface area contributed by atoms with Gasteiger partial charge in [-0.2, -0.15) is 0 Å². The fraction of sp³-hybridized carbons (Fsp3) is 0.562. The molecule has 1 saturated carbocycles. The Morgan fingerprint density at radius 2 is 1.89 bits per heavy atom. The zero-order valence-corrected chi connectivity index (χ0v) is 11.2. The highest BCUT2D eigenvalue weighted by Gasteiger charge is 2.13. The SMILES string of the molecule is CCC(=O)c1ccc(NCCC2CCCC2)cc1. The number of anilines is 1. The Bertz CT molecular complexity index is 377. The molecular formula is C16H23NO. The number of carbonyl (C=O) groups is 1. The second kappa shape index (κ2) is 6.58. The highest BCUT2D eigenvalue weighted by molar-refractivity contribution is 5.96. The monoisotopic (exact) mass is 245 g/mol. The van der Waals surface area contributed by atoms with Gasteiger partial charge in [-0.05, 0) is 36.6 Å². The maximum Gasteiger partial charge on any atom is 0.162 e. The van der Waals surface area contributed by atoms with E-state index >= 15 is 0 Å². The molecule has 0 amide bonds. The minimum Gasteiger partial charge on any atom is -0.385 e. The van der Waals surface area contributed by atoms with Crippen molar-refractivity contribution in [1.82, 2.24) is 0 Å². The Balaban J connectivity index is 1.77. The molecule has 0 bridgehead atoms. The van der Waals surface area contributed by atoms with Crippen molar-refractivity contribution in [2.75, 3.05) is 11.9 Å². The van der Waals surface area contributed by atoms with Crippen molar-refractivity contribution < 1.29 is 4.79 Å². The molecule has 0 aromatic heterocycles. The molecule has 1 aliphatic carbocycles. The number of hydrogen-bond acceptors (Lipinski definition) is 2. The summed E-state index contributed by atoms with van der Waals surface area (Å²) in [7, 11) is 0. The highest BCUT2D eigenvalue weighted by Crippen LogP contribution is 2.27. The molecule has 18 heavy (non-hydrogen) atoms. The summed E-state index contributed by atoms with van der Waals surface area (Å²) in [5.41, 5.74) is 1.94. The van der Waals surface area contributed by atoms with E-state index in [1.807, 2.05) is 31.2 Å². The summed E-state index contributed by atoms with van der Waals surface area (Å²) >= 11 is 0. The van der Waals surface area contributed by atoms with Gasteiger partial charge in [0, 0.05) is 24.2 Å². The molecule has 2 rings (SSSR count). The zero-order chi connectivity index (χ0) is 12.8. The fourth-order valence-corrected chi connectivity index (χ4v) is 2.70. The second-order valence-electron chi connectivity index (χ2n) is 5.22. The normalized spacial score (nSPS) is 15.8. The van der Waals surface area contributed by atoms with Crippen LogP contribution in [0.1, 0.15) is 55.8 Å². The molecule has 1 aromatic rings. The number of benzene rings is 1. The molecule has 2 heteroatoms. The average molecular weight is 245 g/mol. The third-order valence-corrected chi connectivity index (χ3v) is 3.88. The van der Waals surface area contributed by atoms with Crippen molar-refractivity contribution in [1.29, 1.82) is 0 Å². The van der Waals surface area contributed by atoms with E-state index in [2.05, 4.69) is 5.32 Å². The summed E-state index contributed by atoms with van der Waals surface area (Å²) in [6.45, 7) is 2.95.